The maximum absolute atomic E-state index is 4.85. The topological polar surface area (TPSA) is 12.9 Å². The molecule has 21 heavy (non-hydrogen) atoms. The van der Waals surface area contributed by atoms with Gasteiger partial charge in [0.1, 0.15) is 0 Å². The lowest BCUT2D eigenvalue weighted by Gasteiger charge is -2.15. The lowest BCUT2D eigenvalue weighted by molar-refractivity contribution is 0.851. The van der Waals surface area contributed by atoms with E-state index in [-0.39, 0.29) is 0 Å². The van der Waals surface area contributed by atoms with E-state index in [4.69, 9.17) is 4.98 Å². The molecule has 0 saturated heterocycles. The molecule has 2 heteroatoms. The second-order valence-electron chi connectivity index (χ2n) is 6.13. The van der Waals surface area contributed by atoms with Gasteiger partial charge in [-0.05, 0) is 22.3 Å². The van der Waals surface area contributed by atoms with E-state index in [2.05, 4.69) is 69.5 Å². The van der Waals surface area contributed by atoms with Crippen molar-refractivity contribution in [2.24, 2.45) is 0 Å². The van der Waals surface area contributed by atoms with E-state index in [1.165, 1.54) is 26.9 Å². The molecule has 0 aliphatic heterocycles. The van der Waals surface area contributed by atoms with Gasteiger partial charge in [-0.3, -0.25) is 0 Å². The Kier molecular flexibility index (Phi) is 3.81. The zero-order valence-corrected chi connectivity index (χ0v) is 13.9. The summed E-state index contributed by atoms with van der Waals surface area (Å²) in [5.74, 6) is 0.974. The van der Waals surface area contributed by atoms with Crippen LogP contribution in [0, 0.1) is 0 Å². The molecule has 2 aromatic carbocycles. The molecule has 0 saturated carbocycles. The van der Waals surface area contributed by atoms with Crippen molar-refractivity contribution in [2.45, 2.75) is 39.5 Å². The van der Waals surface area contributed by atoms with Gasteiger partial charge in [-0.25, -0.2) is 4.98 Å². The van der Waals surface area contributed by atoms with Crippen LogP contribution in [0.4, 0.5) is 0 Å². The minimum absolute atomic E-state index is 0.482. The van der Waals surface area contributed by atoms with Crippen LogP contribution in [0.2, 0.25) is 0 Å². The average molecular weight is 295 g/mol. The minimum Gasteiger partial charge on any atom is -0.241 e. The average Bonchev–Trinajstić information content (AvgIpc) is 2.95. The van der Waals surface area contributed by atoms with Crippen molar-refractivity contribution in [1.82, 2.24) is 4.98 Å². The van der Waals surface area contributed by atoms with Crippen molar-refractivity contribution in [1.29, 1.82) is 0 Å². The van der Waals surface area contributed by atoms with Crippen LogP contribution in [0.1, 0.15) is 50.1 Å². The predicted octanol–water partition coefficient (Wildman–Crippen LogP) is 6.21. The van der Waals surface area contributed by atoms with Crippen LogP contribution in [-0.2, 0) is 0 Å². The van der Waals surface area contributed by atoms with Crippen LogP contribution in [0.15, 0.2) is 41.8 Å². The molecule has 0 amide bonds. The van der Waals surface area contributed by atoms with Crippen LogP contribution in [-0.4, -0.2) is 4.98 Å². The molecule has 108 valence electrons. The van der Waals surface area contributed by atoms with E-state index >= 15 is 0 Å². The Morgan fingerprint density at radius 2 is 1.67 bits per heavy atom. The second kappa shape index (κ2) is 5.61. The first-order valence-corrected chi connectivity index (χ1v) is 8.43. The normalized spacial score (nSPS) is 11.7. The van der Waals surface area contributed by atoms with Gasteiger partial charge in [-0.15, -0.1) is 11.3 Å². The van der Waals surface area contributed by atoms with Crippen LogP contribution < -0.4 is 0 Å². The van der Waals surface area contributed by atoms with Crippen LogP contribution in [0.25, 0.3) is 22.0 Å². The summed E-state index contributed by atoms with van der Waals surface area (Å²) in [5, 5.41) is 6.08. The fourth-order valence-electron chi connectivity index (χ4n) is 2.82. The van der Waals surface area contributed by atoms with Crippen molar-refractivity contribution >= 4 is 22.1 Å². The highest BCUT2D eigenvalue weighted by atomic mass is 32.1. The number of hydrogen-bond donors (Lipinski definition) is 0. The van der Waals surface area contributed by atoms with Crippen molar-refractivity contribution in [3.63, 3.8) is 0 Å². The molecule has 0 bridgehead atoms. The zero-order valence-electron chi connectivity index (χ0n) is 13.1. The number of benzene rings is 2. The Morgan fingerprint density at radius 1 is 0.905 bits per heavy atom. The third-order valence-corrected chi connectivity index (χ3v) is 4.99. The Morgan fingerprint density at radius 3 is 2.33 bits per heavy atom. The third-order valence-electron chi connectivity index (χ3n) is 3.84. The summed E-state index contributed by atoms with van der Waals surface area (Å²) in [7, 11) is 0. The molecular formula is C19H21NS. The number of thiazole rings is 1. The number of fused-ring (bicyclic) bond motifs is 1. The SMILES string of the molecule is CC(C)c1nc(-c2ccc3ccccc3c2C(C)C)cs1. The van der Waals surface area contributed by atoms with Gasteiger partial charge in [-0.1, -0.05) is 64.1 Å². The largest absolute Gasteiger partial charge is 0.241 e. The highest BCUT2D eigenvalue weighted by Crippen LogP contribution is 2.36. The Bertz CT molecular complexity index is 768. The van der Waals surface area contributed by atoms with Gasteiger partial charge in [0.05, 0.1) is 10.7 Å². The van der Waals surface area contributed by atoms with Gasteiger partial charge >= 0.3 is 0 Å². The van der Waals surface area contributed by atoms with Gasteiger partial charge in [0, 0.05) is 16.9 Å². The summed E-state index contributed by atoms with van der Waals surface area (Å²) in [6, 6.07) is 13.1. The summed E-state index contributed by atoms with van der Waals surface area (Å²) in [5.41, 5.74) is 3.82. The zero-order chi connectivity index (χ0) is 15.0. The first-order chi connectivity index (χ1) is 10.1. The first-order valence-electron chi connectivity index (χ1n) is 7.55. The number of nitrogens with zero attached hydrogens (tertiary/aromatic N) is 1. The highest BCUT2D eigenvalue weighted by Gasteiger charge is 2.15. The van der Waals surface area contributed by atoms with Crippen molar-refractivity contribution in [3.8, 4) is 11.3 Å². The van der Waals surface area contributed by atoms with Crippen LogP contribution in [0.3, 0.4) is 0 Å². The maximum Gasteiger partial charge on any atom is 0.0958 e. The standard InChI is InChI=1S/C19H21NS/c1-12(2)18-15-8-6-5-7-14(15)9-10-16(18)17-11-21-19(20-17)13(3)4/h5-13H,1-4H3. The van der Waals surface area contributed by atoms with E-state index < -0.39 is 0 Å². The Balaban J connectivity index is 2.23. The lowest BCUT2D eigenvalue weighted by Crippen LogP contribution is -1.95. The quantitative estimate of drug-likeness (QED) is 0.559. The second-order valence-corrected chi connectivity index (χ2v) is 7.02. The van der Waals surface area contributed by atoms with Gasteiger partial charge in [0.15, 0.2) is 0 Å². The van der Waals surface area contributed by atoms with E-state index in [1.807, 2.05) is 0 Å². The molecule has 0 fully saturated rings. The molecule has 0 unspecified atom stereocenters. The number of rotatable bonds is 3. The molecule has 0 radical (unpaired) electrons. The summed E-state index contributed by atoms with van der Waals surface area (Å²) in [6.07, 6.45) is 0. The first kappa shape index (κ1) is 14.3. The Labute approximate surface area is 130 Å². The fraction of sp³-hybridized carbons (Fsp3) is 0.316. The maximum atomic E-state index is 4.85. The molecule has 3 aromatic rings. The van der Waals surface area contributed by atoms with E-state index in [1.54, 1.807) is 11.3 Å². The molecule has 0 N–H and O–H groups in total. The lowest BCUT2D eigenvalue weighted by atomic mass is 9.90. The predicted molar refractivity (Wildman–Crippen MR) is 93.2 cm³/mol. The van der Waals surface area contributed by atoms with Gasteiger partial charge in [-0.2, -0.15) is 0 Å². The van der Waals surface area contributed by atoms with E-state index in [0.717, 1.165) is 5.69 Å². The van der Waals surface area contributed by atoms with Gasteiger partial charge in [0.25, 0.3) is 0 Å². The van der Waals surface area contributed by atoms with E-state index in [9.17, 15) is 0 Å². The summed E-state index contributed by atoms with van der Waals surface area (Å²) < 4.78 is 0. The fourth-order valence-corrected chi connectivity index (χ4v) is 3.65. The molecule has 0 aliphatic rings. The number of aromatic nitrogens is 1. The van der Waals surface area contributed by atoms with Crippen LogP contribution >= 0.6 is 11.3 Å². The van der Waals surface area contributed by atoms with Gasteiger partial charge in [0.2, 0.25) is 0 Å². The van der Waals surface area contributed by atoms with Crippen molar-refractivity contribution < 1.29 is 0 Å². The summed E-state index contributed by atoms with van der Waals surface area (Å²) in [4.78, 5) is 4.85. The molecule has 0 spiro atoms. The minimum atomic E-state index is 0.482. The molecule has 3 rings (SSSR count). The van der Waals surface area contributed by atoms with Gasteiger partial charge < -0.3 is 0 Å². The molecule has 0 aliphatic carbocycles. The van der Waals surface area contributed by atoms with Crippen molar-refractivity contribution in [3.05, 3.63) is 52.3 Å². The molecule has 1 nitrogen and oxygen atoms in total. The van der Waals surface area contributed by atoms with Crippen molar-refractivity contribution in [2.75, 3.05) is 0 Å². The highest BCUT2D eigenvalue weighted by molar-refractivity contribution is 7.10. The van der Waals surface area contributed by atoms with E-state index in [0.29, 0.717) is 11.8 Å². The summed E-state index contributed by atoms with van der Waals surface area (Å²) >= 11 is 1.77. The molecule has 0 atom stereocenters. The number of hydrogen-bond acceptors (Lipinski definition) is 2. The molecular weight excluding hydrogens is 274 g/mol. The van der Waals surface area contributed by atoms with Crippen LogP contribution in [0.5, 0.6) is 0 Å². The third kappa shape index (κ3) is 2.60. The molecule has 1 aromatic heterocycles. The monoisotopic (exact) mass is 295 g/mol. The Hall–Kier alpha value is -1.67. The summed E-state index contributed by atoms with van der Waals surface area (Å²) in [6.45, 7) is 8.93. The smallest absolute Gasteiger partial charge is 0.0958 e. The molecule has 1 heterocycles.